The van der Waals surface area contributed by atoms with Gasteiger partial charge in [-0.1, -0.05) is 13.0 Å². The van der Waals surface area contributed by atoms with E-state index in [1.165, 1.54) is 9.78 Å². The van der Waals surface area contributed by atoms with Gasteiger partial charge in [0.1, 0.15) is 0 Å². The van der Waals surface area contributed by atoms with Crippen LogP contribution in [0.3, 0.4) is 0 Å². The zero-order valence-corrected chi connectivity index (χ0v) is 13.1. The Morgan fingerprint density at radius 2 is 2.20 bits per heavy atom. The Bertz CT molecular complexity index is 472. The molecule has 3 atom stereocenters. The second kappa shape index (κ2) is 6.50. The van der Waals surface area contributed by atoms with Crippen molar-refractivity contribution in [1.29, 1.82) is 0 Å². The molecule has 1 aliphatic heterocycles. The van der Waals surface area contributed by atoms with Crippen LogP contribution >= 0.6 is 11.3 Å². The third-order valence-corrected chi connectivity index (χ3v) is 4.69. The van der Waals surface area contributed by atoms with E-state index in [2.05, 4.69) is 23.7 Å². The highest BCUT2D eigenvalue weighted by atomic mass is 32.1. The monoisotopic (exact) mass is 294 g/mol. The van der Waals surface area contributed by atoms with Crippen molar-refractivity contribution < 1.29 is 9.59 Å². The molecular formula is C15H22N2O2S. The lowest BCUT2D eigenvalue weighted by Gasteiger charge is -2.22. The Kier molecular flexibility index (Phi) is 4.94. The quantitative estimate of drug-likeness (QED) is 0.818. The van der Waals surface area contributed by atoms with E-state index in [1.807, 2.05) is 19.9 Å². The van der Waals surface area contributed by atoms with Gasteiger partial charge in [-0.05, 0) is 38.1 Å². The minimum atomic E-state index is -0.355. The summed E-state index contributed by atoms with van der Waals surface area (Å²) in [6.45, 7) is 5.97. The molecule has 20 heavy (non-hydrogen) atoms. The number of amides is 2. The fraction of sp³-hybridized carbons (Fsp3) is 0.600. The summed E-state index contributed by atoms with van der Waals surface area (Å²) in [7, 11) is 0. The Morgan fingerprint density at radius 1 is 1.45 bits per heavy atom. The van der Waals surface area contributed by atoms with Gasteiger partial charge in [-0.3, -0.25) is 14.5 Å². The van der Waals surface area contributed by atoms with E-state index < -0.39 is 0 Å². The van der Waals surface area contributed by atoms with Crippen molar-refractivity contribution in [2.45, 2.75) is 58.2 Å². The molecule has 2 rings (SSSR count). The van der Waals surface area contributed by atoms with E-state index in [-0.39, 0.29) is 36.4 Å². The van der Waals surface area contributed by atoms with Gasteiger partial charge in [-0.15, -0.1) is 11.3 Å². The SMILES string of the molecule is CCC(C)N1C(=O)CC(NC(C)Cc2cccs2)C1=O. The number of carbonyl (C=O) groups is 2. The van der Waals surface area contributed by atoms with E-state index in [0.29, 0.717) is 0 Å². The van der Waals surface area contributed by atoms with Crippen molar-refractivity contribution in [3.8, 4) is 0 Å². The summed E-state index contributed by atoms with van der Waals surface area (Å²) in [5.41, 5.74) is 0. The van der Waals surface area contributed by atoms with Crippen LogP contribution in [0.4, 0.5) is 0 Å². The van der Waals surface area contributed by atoms with Crippen LogP contribution in [0.2, 0.25) is 0 Å². The second-order valence-corrected chi connectivity index (χ2v) is 6.50. The van der Waals surface area contributed by atoms with E-state index in [1.54, 1.807) is 11.3 Å². The molecule has 110 valence electrons. The highest BCUT2D eigenvalue weighted by Crippen LogP contribution is 2.19. The summed E-state index contributed by atoms with van der Waals surface area (Å²) in [5, 5.41) is 5.35. The molecule has 1 aliphatic rings. The number of carbonyl (C=O) groups excluding carboxylic acids is 2. The fourth-order valence-corrected chi connectivity index (χ4v) is 3.40. The van der Waals surface area contributed by atoms with E-state index in [9.17, 15) is 9.59 Å². The number of imide groups is 1. The Labute approximate surface area is 124 Å². The van der Waals surface area contributed by atoms with Gasteiger partial charge in [-0.2, -0.15) is 0 Å². The molecule has 0 bridgehead atoms. The number of nitrogens with zero attached hydrogens (tertiary/aromatic N) is 1. The Balaban J connectivity index is 1.93. The highest BCUT2D eigenvalue weighted by Gasteiger charge is 2.40. The number of likely N-dealkylation sites (tertiary alicyclic amines) is 1. The standard InChI is InChI=1S/C15H22N2O2S/c1-4-11(3)17-14(18)9-13(15(17)19)16-10(2)8-12-6-5-7-20-12/h5-7,10-11,13,16H,4,8-9H2,1-3H3. The second-order valence-electron chi connectivity index (χ2n) is 5.47. The summed E-state index contributed by atoms with van der Waals surface area (Å²) in [6.07, 6.45) is 1.98. The first kappa shape index (κ1) is 15.2. The number of nitrogens with one attached hydrogen (secondary N) is 1. The van der Waals surface area contributed by atoms with Crippen LogP contribution < -0.4 is 5.32 Å². The summed E-state index contributed by atoms with van der Waals surface area (Å²) in [5.74, 6) is -0.118. The molecule has 2 heterocycles. The van der Waals surface area contributed by atoms with E-state index >= 15 is 0 Å². The predicted molar refractivity (Wildman–Crippen MR) is 80.6 cm³/mol. The topological polar surface area (TPSA) is 49.4 Å². The van der Waals surface area contributed by atoms with E-state index in [4.69, 9.17) is 0 Å². The molecule has 0 saturated carbocycles. The van der Waals surface area contributed by atoms with Gasteiger partial charge < -0.3 is 5.32 Å². The zero-order chi connectivity index (χ0) is 14.7. The molecule has 5 heteroatoms. The van der Waals surface area contributed by atoms with Gasteiger partial charge in [0.05, 0.1) is 12.5 Å². The average molecular weight is 294 g/mol. The van der Waals surface area contributed by atoms with Crippen molar-refractivity contribution in [2.24, 2.45) is 0 Å². The number of hydrogen-bond donors (Lipinski definition) is 1. The first-order valence-corrected chi connectivity index (χ1v) is 8.05. The summed E-state index contributed by atoms with van der Waals surface area (Å²) in [4.78, 5) is 27.0. The molecule has 2 amide bonds. The van der Waals surface area contributed by atoms with Crippen LogP contribution in [0.5, 0.6) is 0 Å². The van der Waals surface area contributed by atoms with Gasteiger partial charge in [-0.25, -0.2) is 0 Å². The molecule has 0 aromatic carbocycles. The summed E-state index contributed by atoms with van der Waals surface area (Å²) < 4.78 is 0. The maximum absolute atomic E-state index is 12.3. The molecular weight excluding hydrogens is 272 g/mol. The van der Waals surface area contributed by atoms with Gasteiger partial charge in [0.15, 0.2) is 0 Å². The van der Waals surface area contributed by atoms with Crippen molar-refractivity contribution in [3.63, 3.8) is 0 Å². The maximum atomic E-state index is 12.3. The minimum Gasteiger partial charge on any atom is -0.303 e. The molecule has 4 nitrogen and oxygen atoms in total. The normalized spacial score (nSPS) is 22.4. The fourth-order valence-electron chi connectivity index (χ4n) is 2.56. The predicted octanol–water partition coefficient (Wildman–Crippen LogP) is 2.19. The third kappa shape index (κ3) is 3.27. The minimum absolute atomic E-state index is 0.00518. The lowest BCUT2D eigenvalue weighted by Crippen LogP contribution is -2.45. The lowest BCUT2D eigenvalue weighted by atomic mass is 10.1. The zero-order valence-electron chi connectivity index (χ0n) is 12.3. The van der Waals surface area contributed by atoms with Crippen LogP contribution in [0, 0.1) is 0 Å². The first-order chi connectivity index (χ1) is 9.52. The molecule has 0 spiro atoms. The van der Waals surface area contributed by atoms with Gasteiger partial charge >= 0.3 is 0 Å². The summed E-state index contributed by atoms with van der Waals surface area (Å²) >= 11 is 1.72. The molecule has 1 aromatic heterocycles. The van der Waals surface area contributed by atoms with Crippen LogP contribution in [0.25, 0.3) is 0 Å². The largest absolute Gasteiger partial charge is 0.303 e. The maximum Gasteiger partial charge on any atom is 0.247 e. The third-order valence-electron chi connectivity index (χ3n) is 3.79. The number of thiophene rings is 1. The molecule has 0 radical (unpaired) electrons. The molecule has 1 fully saturated rings. The van der Waals surface area contributed by atoms with Crippen molar-refractivity contribution in [2.75, 3.05) is 0 Å². The molecule has 1 N–H and O–H groups in total. The Morgan fingerprint density at radius 3 is 2.80 bits per heavy atom. The average Bonchev–Trinajstić information content (AvgIpc) is 2.98. The highest BCUT2D eigenvalue weighted by molar-refractivity contribution is 7.09. The number of hydrogen-bond acceptors (Lipinski definition) is 4. The van der Waals surface area contributed by atoms with Crippen molar-refractivity contribution >= 4 is 23.2 Å². The molecule has 3 unspecified atom stereocenters. The number of rotatable bonds is 6. The molecule has 1 aromatic rings. The van der Waals surface area contributed by atoms with E-state index in [0.717, 1.165) is 12.8 Å². The smallest absolute Gasteiger partial charge is 0.247 e. The van der Waals surface area contributed by atoms with Crippen molar-refractivity contribution in [1.82, 2.24) is 10.2 Å². The lowest BCUT2D eigenvalue weighted by molar-refractivity contribution is -0.141. The van der Waals surface area contributed by atoms with Crippen molar-refractivity contribution in [3.05, 3.63) is 22.4 Å². The first-order valence-electron chi connectivity index (χ1n) is 7.17. The summed E-state index contributed by atoms with van der Waals surface area (Å²) in [6, 6.07) is 3.95. The van der Waals surface area contributed by atoms with Crippen LogP contribution in [0.1, 0.15) is 38.5 Å². The molecule has 1 saturated heterocycles. The molecule has 0 aliphatic carbocycles. The van der Waals surface area contributed by atoms with Gasteiger partial charge in [0, 0.05) is 17.0 Å². The van der Waals surface area contributed by atoms with Crippen LogP contribution in [-0.4, -0.2) is 34.8 Å². The van der Waals surface area contributed by atoms with Gasteiger partial charge in [0.25, 0.3) is 0 Å². The van der Waals surface area contributed by atoms with Crippen LogP contribution in [0.15, 0.2) is 17.5 Å². The van der Waals surface area contributed by atoms with Gasteiger partial charge in [0.2, 0.25) is 11.8 Å². The Hall–Kier alpha value is -1.20. The van der Waals surface area contributed by atoms with Crippen LogP contribution in [-0.2, 0) is 16.0 Å².